The standard InChI is InChI=1S/C15H20N2/c1-17-9-6-12(7-10-17)14-4-2-3-13-11-16-8-5-15(13)14/h2-4,6,16H,5,7-11H2,1H3. The van der Waals surface area contributed by atoms with Crippen LogP contribution in [0.1, 0.15) is 23.1 Å². The maximum atomic E-state index is 3.45. The van der Waals surface area contributed by atoms with Crippen molar-refractivity contribution >= 4 is 5.57 Å². The zero-order valence-corrected chi connectivity index (χ0v) is 10.5. The van der Waals surface area contributed by atoms with Gasteiger partial charge in [0.15, 0.2) is 0 Å². The molecule has 2 aliphatic rings. The second-order valence-corrected chi connectivity index (χ2v) is 5.11. The monoisotopic (exact) mass is 228 g/mol. The average Bonchev–Trinajstić information content (AvgIpc) is 2.39. The van der Waals surface area contributed by atoms with Crippen LogP contribution in [0, 0.1) is 0 Å². The Morgan fingerprint density at radius 1 is 1.24 bits per heavy atom. The maximum Gasteiger partial charge on any atom is 0.0208 e. The molecule has 0 amide bonds. The van der Waals surface area contributed by atoms with Crippen LogP contribution in [0.25, 0.3) is 5.57 Å². The highest BCUT2D eigenvalue weighted by Crippen LogP contribution is 2.28. The molecule has 0 aliphatic carbocycles. The second kappa shape index (κ2) is 4.63. The fourth-order valence-corrected chi connectivity index (χ4v) is 2.85. The molecule has 0 saturated carbocycles. The summed E-state index contributed by atoms with van der Waals surface area (Å²) in [5.41, 5.74) is 6.15. The van der Waals surface area contributed by atoms with Gasteiger partial charge in [-0.1, -0.05) is 24.3 Å². The predicted octanol–water partition coefficient (Wildman–Crippen LogP) is 2.05. The van der Waals surface area contributed by atoms with Crippen molar-refractivity contribution in [2.45, 2.75) is 19.4 Å². The lowest BCUT2D eigenvalue weighted by Crippen LogP contribution is -2.26. The molecular formula is C15H20N2. The summed E-state index contributed by atoms with van der Waals surface area (Å²) in [6.07, 6.45) is 4.78. The molecule has 1 N–H and O–H groups in total. The van der Waals surface area contributed by atoms with Crippen molar-refractivity contribution in [1.82, 2.24) is 10.2 Å². The van der Waals surface area contributed by atoms with E-state index in [2.05, 4.69) is 41.5 Å². The van der Waals surface area contributed by atoms with E-state index in [0.717, 1.165) is 19.6 Å². The van der Waals surface area contributed by atoms with Gasteiger partial charge in [0.2, 0.25) is 0 Å². The van der Waals surface area contributed by atoms with Crippen LogP contribution in [-0.4, -0.2) is 31.6 Å². The molecule has 1 aromatic carbocycles. The van der Waals surface area contributed by atoms with E-state index in [1.54, 1.807) is 11.1 Å². The number of hydrogen-bond donors (Lipinski definition) is 1. The van der Waals surface area contributed by atoms with Gasteiger partial charge in [-0.25, -0.2) is 0 Å². The van der Waals surface area contributed by atoms with Gasteiger partial charge in [0.05, 0.1) is 0 Å². The molecular weight excluding hydrogens is 208 g/mol. The van der Waals surface area contributed by atoms with Crippen LogP contribution >= 0.6 is 0 Å². The summed E-state index contributed by atoms with van der Waals surface area (Å²) in [5.74, 6) is 0. The lowest BCUT2D eigenvalue weighted by atomic mass is 9.89. The molecule has 0 atom stereocenters. The smallest absolute Gasteiger partial charge is 0.0208 e. The van der Waals surface area contributed by atoms with Crippen LogP contribution < -0.4 is 5.32 Å². The van der Waals surface area contributed by atoms with Crippen LogP contribution in [0.15, 0.2) is 24.3 Å². The quantitative estimate of drug-likeness (QED) is 0.791. The molecule has 90 valence electrons. The first-order valence-electron chi connectivity index (χ1n) is 6.54. The van der Waals surface area contributed by atoms with E-state index >= 15 is 0 Å². The highest BCUT2D eigenvalue weighted by molar-refractivity contribution is 5.70. The molecule has 0 fully saturated rings. The summed E-state index contributed by atoms with van der Waals surface area (Å²) in [6, 6.07) is 6.78. The van der Waals surface area contributed by atoms with Gasteiger partial charge in [0, 0.05) is 19.6 Å². The molecule has 0 bridgehead atoms. The number of likely N-dealkylation sites (N-methyl/N-ethyl adjacent to an activating group) is 1. The highest BCUT2D eigenvalue weighted by atomic mass is 15.1. The van der Waals surface area contributed by atoms with Crippen LogP contribution in [0.5, 0.6) is 0 Å². The van der Waals surface area contributed by atoms with Crippen molar-refractivity contribution in [2.24, 2.45) is 0 Å². The third kappa shape index (κ3) is 2.15. The van der Waals surface area contributed by atoms with Crippen LogP contribution in [0.4, 0.5) is 0 Å². The minimum Gasteiger partial charge on any atom is -0.312 e. The largest absolute Gasteiger partial charge is 0.312 e. The number of hydrogen-bond acceptors (Lipinski definition) is 2. The van der Waals surface area contributed by atoms with E-state index in [1.165, 1.54) is 30.5 Å². The molecule has 0 radical (unpaired) electrons. The second-order valence-electron chi connectivity index (χ2n) is 5.11. The van der Waals surface area contributed by atoms with Gasteiger partial charge >= 0.3 is 0 Å². The Morgan fingerprint density at radius 2 is 2.18 bits per heavy atom. The number of nitrogens with zero attached hydrogens (tertiary/aromatic N) is 1. The Kier molecular flexibility index (Phi) is 3.00. The van der Waals surface area contributed by atoms with Gasteiger partial charge < -0.3 is 10.2 Å². The zero-order valence-electron chi connectivity index (χ0n) is 10.5. The number of benzene rings is 1. The van der Waals surface area contributed by atoms with E-state index in [0.29, 0.717) is 0 Å². The summed E-state index contributed by atoms with van der Waals surface area (Å²) in [7, 11) is 2.19. The molecule has 2 nitrogen and oxygen atoms in total. The van der Waals surface area contributed by atoms with Crippen molar-refractivity contribution in [3.8, 4) is 0 Å². The molecule has 0 aromatic heterocycles. The Balaban J connectivity index is 1.97. The van der Waals surface area contributed by atoms with Gasteiger partial charge in [-0.15, -0.1) is 0 Å². The van der Waals surface area contributed by atoms with Crippen LogP contribution in [0.2, 0.25) is 0 Å². The zero-order chi connectivity index (χ0) is 11.7. The lowest BCUT2D eigenvalue weighted by Gasteiger charge is -2.26. The third-order valence-electron chi connectivity index (χ3n) is 3.90. The van der Waals surface area contributed by atoms with Gasteiger partial charge in [-0.05, 0) is 48.7 Å². The number of rotatable bonds is 1. The SMILES string of the molecule is CN1CC=C(c2cccc3c2CCNC3)CC1. The predicted molar refractivity (Wildman–Crippen MR) is 71.9 cm³/mol. The van der Waals surface area contributed by atoms with Crippen molar-refractivity contribution in [1.29, 1.82) is 0 Å². The average molecular weight is 228 g/mol. The molecule has 17 heavy (non-hydrogen) atoms. The Bertz CT molecular complexity index is 448. The summed E-state index contributed by atoms with van der Waals surface area (Å²) < 4.78 is 0. The molecule has 0 saturated heterocycles. The molecule has 0 unspecified atom stereocenters. The summed E-state index contributed by atoms with van der Waals surface area (Å²) >= 11 is 0. The minimum atomic E-state index is 1.04. The molecule has 2 heteroatoms. The van der Waals surface area contributed by atoms with E-state index in [9.17, 15) is 0 Å². The minimum absolute atomic E-state index is 1.04. The number of fused-ring (bicyclic) bond motifs is 1. The van der Waals surface area contributed by atoms with Gasteiger partial charge in [-0.2, -0.15) is 0 Å². The van der Waals surface area contributed by atoms with Crippen LogP contribution in [0.3, 0.4) is 0 Å². The van der Waals surface area contributed by atoms with Crippen molar-refractivity contribution in [3.05, 3.63) is 41.0 Å². The summed E-state index contributed by atoms with van der Waals surface area (Å²) in [4.78, 5) is 2.38. The van der Waals surface area contributed by atoms with E-state index in [1.807, 2.05) is 0 Å². The molecule has 0 spiro atoms. The maximum absolute atomic E-state index is 3.45. The van der Waals surface area contributed by atoms with E-state index in [-0.39, 0.29) is 0 Å². The Labute approximate surface area is 103 Å². The first-order valence-corrected chi connectivity index (χ1v) is 6.54. The van der Waals surface area contributed by atoms with Gasteiger partial charge in [-0.3, -0.25) is 0 Å². The van der Waals surface area contributed by atoms with Crippen molar-refractivity contribution in [2.75, 3.05) is 26.7 Å². The normalized spacial score (nSPS) is 20.9. The summed E-state index contributed by atoms with van der Waals surface area (Å²) in [5, 5.41) is 3.45. The molecule has 2 heterocycles. The van der Waals surface area contributed by atoms with Gasteiger partial charge in [0.1, 0.15) is 0 Å². The molecule has 1 aromatic rings. The molecule has 3 rings (SSSR count). The van der Waals surface area contributed by atoms with Crippen LogP contribution in [-0.2, 0) is 13.0 Å². The summed E-state index contributed by atoms with van der Waals surface area (Å²) in [6.45, 7) is 4.44. The topological polar surface area (TPSA) is 15.3 Å². The highest BCUT2D eigenvalue weighted by Gasteiger charge is 2.16. The first-order chi connectivity index (χ1) is 8.34. The fraction of sp³-hybridized carbons (Fsp3) is 0.467. The van der Waals surface area contributed by atoms with E-state index in [4.69, 9.17) is 0 Å². The van der Waals surface area contributed by atoms with Gasteiger partial charge in [0.25, 0.3) is 0 Å². The Morgan fingerprint density at radius 3 is 3.00 bits per heavy atom. The first kappa shape index (κ1) is 11.0. The lowest BCUT2D eigenvalue weighted by molar-refractivity contribution is 0.370. The molecule has 2 aliphatic heterocycles. The Hall–Kier alpha value is -1.12. The van der Waals surface area contributed by atoms with Crippen molar-refractivity contribution < 1.29 is 0 Å². The number of nitrogens with one attached hydrogen (secondary N) is 1. The fourth-order valence-electron chi connectivity index (χ4n) is 2.85. The third-order valence-corrected chi connectivity index (χ3v) is 3.90. The van der Waals surface area contributed by atoms with Crippen molar-refractivity contribution in [3.63, 3.8) is 0 Å². The van der Waals surface area contributed by atoms with E-state index < -0.39 is 0 Å².